The highest BCUT2D eigenvalue weighted by Gasteiger charge is 2.26. The molecule has 2 fully saturated rings. The number of anilines is 3. The summed E-state index contributed by atoms with van der Waals surface area (Å²) in [6.07, 6.45) is 4.76. The van der Waals surface area contributed by atoms with Gasteiger partial charge in [-0.2, -0.15) is 0 Å². The van der Waals surface area contributed by atoms with Crippen LogP contribution in [0.5, 0.6) is 5.75 Å². The first-order valence-electron chi connectivity index (χ1n) is 15.9. The maximum atomic E-state index is 12.9. The van der Waals surface area contributed by atoms with Gasteiger partial charge in [-0.15, -0.1) is 0 Å². The average Bonchev–Trinajstić information content (AvgIpc) is 3.04. The van der Waals surface area contributed by atoms with Gasteiger partial charge < -0.3 is 30.9 Å². The van der Waals surface area contributed by atoms with Gasteiger partial charge in [0.1, 0.15) is 17.4 Å². The third kappa shape index (κ3) is 7.33. The van der Waals surface area contributed by atoms with Gasteiger partial charge in [0.2, 0.25) is 0 Å². The highest BCUT2D eigenvalue weighted by atomic mass is 16.5. The molecule has 2 saturated heterocycles. The van der Waals surface area contributed by atoms with Crippen LogP contribution in [0.2, 0.25) is 0 Å². The lowest BCUT2D eigenvalue weighted by Gasteiger charge is -2.35. The Morgan fingerprint density at radius 2 is 1.73 bits per heavy atom. The number of carbonyl (C=O) groups is 2. The molecular weight excluding hydrogens is 552 g/mol. The van der Waals surface area contributed by atoms with Crippen molar-refractivity contribution in [3.05, 3.63) is 76.9 Å². The van der Waals surface area contributed by atoms with Crippen molar-refractivity contribution in [3.8, 4) is 5.75 Å². The fourth-order valence-corrected chi connectivity index (χ4v) is 6.43. The topological polar surface area (TPSA) is 113 Å². The molecule has 2 amide bonds. The number of rotatable bonds is 10. The zero-order valence-corrected chi connectivity index (χ0v) is 26.4. The van der Waals surface area contributed by atoms with Gasteiger partial charge in [-0.25, -0.2) is 4.98 Å². The standard InChI is InChI=1S/C35H46N6O3/c1-5-24-21-31(41-18-6-7-29(22-41)38-35(43)27-10-14-30(44-4)15-11-27)39-34(32(24)33(36)42)37-28-12-8-25(9-13-28)26-16-19-40(20-17-26)23(2)3/h8-15,21,23,26,29H,5-7,16-20,22H2,1-4H3,(H2,36,42)(H,37,39)(H,38,43). The van der Waals surface area contributed by atoms with Crippen molar-refractivity contribution in [1.29, 1.82) is 0 Å². The first-order chi connectivity index (χ1) is 21.2. The van der Waals surface area contributed by atoms with E-state index in [9.17, 15) is 9.59 Å². The third-order valence-corrected chi connectivity index (χ3v) is 9.05. The van der Waals surface area contributed by atoms with E-state index in [-0.39, 0.29) is 11.9 Å². The number of piperidine rings is 2. The maximum absolute atomic E-state index is 12.9. The van der Waals surface area contributed by atoms with Crippen LogP contribution in [0.1, 0.15) is 84.2 Å². The zero-order valence-electron chi connectivity index (χ0n) is 26.4. The van der Waals surface area contributed by atoms with Gasteiger partial charge in [0.25, 0.3) is 11.8 Å². The average molecular weight is 599 g/mol. The Bertz CT molecular complexity index is 1430. The van der Waals surface area contributed by atoms with E-state index in [0.29, 0.717) is 47.6 Å². The second-order valence-electron chi connectivity index (χ2n) is 12.2. The maximum Gasteiger partial charge on any atom is 0.252 e. The van der Waals surface area contributed by atoms with Crippen LogP contribution >= 0.6 is 0 Å². The number of aryl methyl sites for hydroxylation is 1. The van der Waals surface area contributed by atoms with Crippen molar-refractivity contribution >= 4 is 29.1 Å². The molecule has 0 radical (unpaired) electrons. The molecule has 9 heteroatoms. The fraction of sp³-hybridized carbons (Fsp3) is 0.457. The highest BCUT2D eigenvalue weighted by Crippen LogP contribution is 2.32. The molecule has 1 unspecified atom stereocenters. The van der Waals surface area contributed by atoms with Crippen molar-refractivity contribution in [2.24, 2.45) is 5.73 Å². The van der Waals surface area contributed by atoms with Gasteiger partial charge >= 0.3 is 0 Å². The molecule has 0 bridgehead atoms. The van der Waals surface area contributed by atoms with Gasteiger partial charge in [0.15, 0.2) is 0 Å². The van der Waals surface area contributed by atoms with E-state index in [0.717, 1.165) is 62.4 Å². The number of benzene rings is 2. The first-order valence-corrected chi connectivity index (χ1v) is 15.9. The summed E-state index contributed by atoms with van der Waals surface area (Å²) in [6.45, 7) is 10.2. The second kappa shape index (κ2) is 14.1. The number of primary amides is 1. The van der Waals surface area contributed by atoms with E-state index in [2.05, 4.69) is 58.5 Å². The number of amides is 2. The molecule has 9 nitrogen and oxygen atoms in total. The first kappa shape index (κ1) is 31.3. The predicted molar refractivity (Wildman–Crippen MR) is 176 cm³/mol. The lowest BCUT2D eigenvalue weighted by molar-refractivity contribution is 0.0932. The Balaban J connectivity index is 1.31. The number of nitrogens with two attached hydrogens (primary N) is 1. The van der Waals surface area contributed by atoms with Crippen molar-refractivity contribution < 1.29 is 14.3 Å². The number of nitrogens with zero attached hydrogens (tertiary/aromatic N) is 3. The van der Waals surface area contributed by atoms with E-state index in [1.54, 1.807) is 31.4 Å². The Morgan fingerprint density at radius 3 is 2.34 bits per heavy atom. The number of hydrogen-bond donors (Lipinski definition) is 3. The van der Waals surface area contributed by atoms with Crippen molar-refractivity contribution in [2.45, 2.75) is 70.9 Å². The normalized spacial score (nSPS) is 17.8. The SMILES string of the molecule is CCc1cc(N2CCCC(NC(=O)c3ccc(OC)cc3)C2)nc(Nc2ccc(C3CCN(C(C)C)CC3)cc2)c1C(N)=O. The van der Waals surface area contributed by atoms with Gasteiger partial charge in [0, 0.05) is 36.4 Å². The quantitative estimate of drug-likeness (QED) is 0.283. The summed E-state index contributed by atoms with van der Waals surface area (Å²) in [7, 11) is 1.61. The van der Waals surface area contributed by atoms with Crippen LogP contribution in [0, 0.1) is 0 Å². The molecule has 2 aromatic carbocycles. The molecule has 2 aliphatic rings. The molecule has 0 saturated carbocycles. The largest absolute Gasteiger partial charge is 0.497 e. The molecule has 4 N–H and O–H groups in total. The molecule has 0 aliphatic carbocycles. The van der Waals surface area contributed by atoms with E-state index in [1.807, 2.05) is 13.0 Å². The molecule has 5 rings (SSSR count). The number of aromatic nitrogens is 1. The summed E-state index contributed by atoms with van der Waals surface area (Å²) in [5.74, 6) is 1.90. The van der Waals surface area contributed by atoms with Crippen molar-refractivity contribution in [3.63, 3.8) is 0 Å². The molecule has 1 aromatic heterocycles. The van der Waals surface area contributed by atoms with Crippen LogP contribution in [0.25, 0.3) is 0 Å². The van der Waals surface area contributed by atoms with Crippen molar-refractivity contribution in [2.75, 3.05) is 43.5 Å². The number of pyridine rings is 1. The number of nitrogens with one attached hydrogen (secondary N) is 2. The molecular formula is C35H46N6O3. The summed E-state index contributed by atoms with van der Waals surface area (Å²) in [6, 6.07) is 18.2. The summed E-state index contributed by atoms with van der Waals surface area (Å²) < 4.78 is 5.21. The zero-order chi connectivity index (χ0) is 31.2. The highest BCUT2D eigenvalue weighted by molar-refractivity contribution is 6.00. The van der Waals surface area contributed by atoms with Crippen LogP contribution in [0.3, 0.4) is 0 Å². The summed E-state index contributed by atoms with van der Waals surface area (Å²) in [5.41, 5.74) is 9.97. The molecule has 3 aromatic rings. The number of ether oxygens (including phenoxy) is 1. The molecule has 0 spiro atoms. The van der Waals surface area contributed by atoms with Crippen LogP contribution in [-0.4, -0.2) is 67.1 Å². The predicted octanol–water partition coefficient (Wildman–Crippen LogP) is 5.48. The molecule has 234 valence electrons. The number of carbonyl (C=O) groups excluding carboxylic acids is 2. The Kier molecular flexibility index (Phi) is 10.0. The van der Waals surface area contributed by atoms with Crippen LogP contribution in [0.15, 0.2) is 54.6 Å². The summed E-state index contributed by atoms with van der Waals surface area (Å²) >= 11 is 0. The summed E-state index contributed by atoms with van der Waals surface area (Å²) in [5, 5.41) is 6.59. The molecule has 2 aliphatic heterocycles. The van der Waals surface area contributed by atoms with E-state index < -0.39 is 5.91 Å². The van der Waals surface area contributed by atoms with Crippen LogP contribution in [-0.2, 0) is 6.42 Å². The van der Waals surface area contributed by atoms with Crippen LogP contribution < -0.4 is 26.0 Å². The van der Waals surface area contributed by atoms with Gasteiger partial charge in [-0.05, 0) is 119 Å². The number of likely N-dealkylation sites (tertiary alicyclic amines) is 1. The molecule has 1 atom stereocenters. The van der Waals surface area contributed by atoms with Crippen LogP contribution in [0.4, 0.5) is 17.3 Å². The number of methoxy groups -OCH3 is 1. The fourth-order valence-electron chi connectivity index (χ4n) is 6.43. The van der Waals surface area contributed by atoms with E-state index in [1.165, 1.54) is 5.56 Å². The van der Waals surface area contributed by atoms with E-state index >= 15 is 0 Å². The lowest BCUT2D eigenvalue weighted by atomic mass is 9.89. The third-order valence-electron chi connectivity index (χ3n) is 9.05. The minimum atomic E-state index is -0.500. The van der Waals surface area contributed by atoms with Crippen molar-refractivity contribution in [1.82, 2.24) is 15.2 Å². The smallest absolute Gasteiger partial charge is 0.252 e. The van der Waals surface area contributed by atoms with Gasteiger partial charge in [-0.3, -0.25) is 9.59 Å². The lowest BCUT2D eigenvalue weighted by Crippen LogP contribution is -2.48. The van der Waals surface area contributed by atoms with Gasteiger partial charge in [0.05, 0.1) is 12.7 Å². The monoisotopic (exact) mass is 598 g/mol. The molecule has 3 heterocycles. The Hall–Kier alpha value is -4.11. The number of hydrogen-bond acceptors (Lipinski definition) is 7. The Morgan fingerprint density at radius 1 is 1.02 bits per heavy atom. The minimum absolute atomic E-state index is 0.0302. The van der Waals surface area contributed by atoms with E-state index in [4.69, 9.17) is 15.5 Å². The summed E-state index contributed by atoms with van der Waals surface area (Å²) in [4.78, 5) is 35.2. The minimum Gasteiger partial charge on any atom is -0.497 e. The second-order valence-corrected chi connectivity index (χ2v) is 12.2. The Labute approximate surface area is 261 Å². The van der Waals surface area contributed by atoms with Gasteiger partial charge in [-0.1, -0.05) is 19.1 Å². The molecule has 44 heavy (non-hydrogen) atoms.